The van der Waals surface area contributed by atoms with Crippen molar-refractivity contribution < 1.29 is 28.5 Å². The molecule has 3 heterocycles. The van der Waals surface area contributed by atoms with Crippen molar-refractivity contribution >= 4 is 17.5 Å². The number of carbonyl (C=O) groups excluding carboxylic acids is 1. The molecular weight excluding hydrogens is 482 g/mol. The Hall–Kier alpha value is -2.24. The van der Waals surface area contributed by atoms with Gasteiger partial charge < -0.3 is 25.2 Å². The molecule has 2 aliphatic rings. The summed E-state index contributed by atoms with van der Waals surface area (Å²) in [5, 5.41) is 24.6. The maximum atomic E-state index is 16.0. The average molecular weight is 511 g/mol. The van der Waals surface area contributed by atoms with Gasteiger partial charge in [0, 0.05) is 18.0 Å². The van der Waals surface area contributed by atoms with E-state index in [1.165, 1.54) is 30.3 Å². The molecule has 0 saturated carbocycles. The Balaban J connectivity index is 1.75. The fraction of sp³-hybridized carbons (Fsp3) is 0.542. The van der Waals surface area contributed by atoms with Crippen LogP contribution in [0.2, 0.25) is 5.02 Å². The monoisotopic (exact) mass is 510 g/mol. The number of amides is 1. The molecular formula is C24H29ClF2N4O4. The van der Waals surface area contributed by atoms with Crippen molar-refractivity contribution in [3.05, 3.63) is 57.9 Å². The summed E-state index contributed by atoms with van der Waals surface area (Å²) in [7, 11) is 0. The number of aliphatic hydroxyl groups excluding tert-OH is 1. The molecule has 3 N–H and O–H groups in total. The van der Waals surface area contributed by atoms with Gasteiger partial charge in [0.25, 0.3) is 5.91 Å². The molecule has 1 aromatic heterocycles. The van der Waals surface area contributed by atoms with Crippen molar-refractivity contribution in [2.75, 3.05) is 19.7 Å². The lowest BCUT2D eigenvalue weighted by atomic mass is 9.71. The van der Waals surface area contributed by atoms with Crippen molar-refractivity contribution in [1.82, 2.24) is 20.2 Å². The Morgan fingerprint density at radius 1 is 1.34 bits per heavy atom. The molecule has 0 radical (unpaired) electrons. The van der Waals surface area contributed by atoms with Gasteiger partial charge in [0.05, 0.1) is 29.8 Å². The Kier molecular flexibility index (Phi) is 7.40. The van der Waals surface area contributed by atoms with E-state index >= 15 is 8.78 Å². The van der Waals surface area contributed by atoms with E-state index in [0.717, 1.165) is 6.07 Å². The molecule has 1 fully saturated rings. The molecule has 190 valence electrons. The van der Waals surface area contributed by atoms with E-state index in [4.69, 9.17) is 16.3 Å². The molecule has 1 saturated heterocycles. The second-order valence-electron chi connectivity index (χ2n) is 9.13. The molecule has 1 unspecified atom stereocenters. The number of rotatable bonds is 8. The van der Waals surface area contributed by atoms with Gasteiger partial charge in [0.2, 0.25) is 0 Å². The highest BCUT2D eigenvalue weighted by Crippen LogP contribution is 2.47. The second-order valence-corrected chi connectivity index (χ2v) is 9.57. The largest absolute Gasteiger partial charge is 0.391 e. The lowest BCUT2D eigenvalue weighted by Gasteiger charge is -2.44. The van der Waals surface area contributed by atoms with Crippen LogP contribution in [0.25, 0.3) is 0 Å². The quantitative estimate of drug-likeness (QED) is 0.501. The number of halogens is 3. The van der Waals surface area contributed by atoms with Crippen LogP contribution < -0.4 is 5.32 Å². The molecule has 2 aliphatic heterocycles. The Bertz CT molecular complexity index is 1080. The molecule has 1 amide bonds. The van der Waals surface area contributed by atoms with Crippen molar-refractivity contribution in [3.63, 3.8) is 0 Å². The zero-order valence-corrected chi connectivity index (χ0v) is 20.4. The maximum Gasteiger partial charge on any atom is 0.257 e. The van der Waals surface area contributed by atoms with Crippen molar-refractivity contribution in [2.45, 2.75) is 63.3 Å². The molecule has 2 aromatic rings. The SMILES string of the molecule is CCC(O)(c1cc(F)c2c(c1)C(=O)N(Cc1ncc(Cl)cn1)[C@@H]2OC[C@@H](C)O)C1(F)CCNCC1. The normalized spacial score (nSPS) is 22.1. The lowest BCUT2D eigenvalue weighted by Crippen LogP contribution is -2.53. The third-order valence-corrected chi connectivity index (χ3v) is 6.95. The van der Waals surface area contributed by atoms with E-state index in [9.17, 15) is 15.0 Å². The molecule has 4 rings (SSSR count). The molecule has 0 aliphatic carbocycles. The standard InChI is InChI=1S/C24H29ClF2N4O4/c1-3-24(34,23(27)4-6-28-7-5-23)15-8-17-20(18(26)9-15)22(35-13-14(2)32)31(21(17)33)12-19-29-10-16(25)11-30-19/h8-11,14,22,28,32,34H,3-7,12-13H2,1-2H3/t14-,22-,24?/m1/s1. The molecule has 3 atom stereocenters. The first kappa shape index (κ1) is 25.8. The first-order chi connectivity index (χ1) is 16.6. The summed E-state index contributed by atoms with van der Waals surface area (Å²) in [6.45, 7) is 3.64. The number of carbonyl (C=O) groups is 1. The van der Waals surface area contributed by atoms with Gasteiger partial charge in [-0.25, -0.2) is 18.7 Å². The van der Waals surface area contributed by atoms with Gasteiger partial charge in [0.1, 0.15) is 22.9 Å². The predicted octanol–water partition coefficient (Wildman–Crippen LogP) is 3.01. The Morgan fingerprint density at radius 3 is 2.60 bits per heavy atom. The van der Waals surface area contributed by atoms with Crippen LogP contribution in [-0.2, 0) is 16.9 Å². The average Bonchev–Trinajstić information content (AvgIpc) is 3.10. The highest BCUT2D eigenvalue weighted by atomic mass is 35.5. The molecule has 0 bridgehead atoms. The molecule has 0 spiro atoms. The first-order valence-corrected chi connectivity index (χ1v) is 12.0. The van der Waals surface area contributed by atoms with Gasteiger partial charge in [-0.3, -0.25) is 4.79 Å². The third kappa shape index (κ3) is 4.77. The predicted molar refractivity (Wildman–Crippen MR) is 124 cm³/mol. The highest BCUT2D eigenvalue weighted by molar-refractivity contribution is 6.30. The summed E-state index contributed by atoms with van der Waals surface area (Å²) < 4.78 is 37.3. The summed E-state index contributed by atoms with van der Waals surface area (Å²) >= 11 is 5.85. The zero-order chi connectivity index (χ0) is 25.4. The Labute approximate surface area is 207 Å². The van der Waals surface area contributed by atoms with Crippen LogP contribution in [0.5, 0.6) is 0 Å². The third-order valence-electron chi connectivity index (χ3n) is 6.76. The van der Waals surface area contributed by atoms with Crippen molar-refractivity contribution in [2.24, 2.45) is 0 Å². The van der Waals surface area contributed by atoms with E-state index in [1.54, 1.807) is 6.92 Å². The smallest absolute Gasteiger partial charge is 0.257 e. The van der Waals surface area contributed by atoms with Crippen molar-refractivity contribution in [1.29, 1.82) is 0 Å². The summed E-state index contributed by atoms with van der Waals surface area (Å²) in [5.74, 6) is -1.12. The topological polar surface area (TPSA) is 108 Å². The molecule has 35 heavy (non-hydrogen) atoms. The van der Waals surface area contributed by atoms with Gasteiger partial charge in [-0.2, -0.15) is 0 Å². The Morgan fingerprint density at radius 2 is 2.00 bits per heavy atom. The summed E-state index contributed by atoms with van der Waals surface area (Å²) in [6, 6.07) is 2.44. The van der Waals surface area contributed by atoms with Gasteiger partial charge in [-0.1, -0.05) is 18.5 Å². The summed E-state index contributed by atoms with van der Waals surface area (Å²) in [6.07, 6.45) is 0.857. The van der Waals surface area contributed by atoms with Gasteiger partial charge >= 0.3 is 0 Å². The van der Waals surface area contributed by atoms with Gasteiger partial charge in [0.15, 0.2) is 6.23 Å². The summed E-state index contributed by atoms with van der Waals surface area (Å²) in [5.41, 5.74) is -4.02. The number of aromatic nitrogens is 2. The fourth-order valence-corrected chi connectivity index (χ4v) is 4.95. The van der Waals surface area contributed by atoms with E-state index in [1.807, 2.05) is 0 Å². The minimum Gasteiger partial charge on any atom is -0.391 e. The number of aliphatic hydroxyl groups is 2. The fourth-order valence-electron chi connectivity index (χ4n) is 4.85. The van der Waals surface area contributed by atoms with E-state index < -0.39 is 35.3 Å². The number of nitrogens with one attached hydrogen (secondary N) is 1. The zero-order valence-electron chi connectivity index (χ0n) is 19.6. The maximum absolute atomic E-state index is 16.0. The molecule has 1 aromatic carbocycles. The van der Waals surface area contributed by atoms with E-state index in [0.29, 0.717) is 18.1 Å². The van der Waals surface area contributed by atoms with Crippen LogP contribution in [-0.4, -0.2) is 62.5 Å². The lowest BCUT2D eigenvalue weighted by molar-refractivity contribution is -0.127. The number of piperidine rings is 1. The minimum atomic E-state index is -1.98. The number of hydrogen-bond donors (Lipinski definition) is 3. The molecule has 11 heteroatoms. The number of benzene rings is 1. The number of ether oxygens (including phenoxy) is 1. The highest BCUT2D eigenvalue weighted by Gasteiger charge is 2.53. The molecule has 8 nitrogen and oxygen atoms in total. The number of nitrogens with zero attached hydrogens (tertiary/aromatic N) is 3. The van der Waals surface area contributed by atoms with Crippen molar-refractivity contribution in [3.8, 4) is 0 Å². The van der Waals surface area contributed by atoms with Gasteiger partial charge in [-0.15, -0.1) is 0 Å². The number of hydrogen-bond acceptors (Lipinski definition) is 7. The van der Waals surface area contributed by atoms with Crippen LogP contribution in [0.1, 0.15) is 66.6 Å². The minimum absolute atomic E-state index is 0.000200. The number of fused-ring (bicyclic) bond motifs is 1. The number of alkyl halides is 1. The van der Waals surface area contributed by atoms with Crippen LogP contribution in [0, 0.1) is 5.82 Å². The van der Waals surface area contributed by atoms with E-state index in [-0.39, 0.29) is 54.9 Å². The summed E-state index contributed by atoms with van der Waals surface area (Å²) in [4.78, 5) is 22.9. The van der Waals surface area contributed by atoms with E-state index in [2.05, 4.69) is 15.3 Å². The van der Waals surface area contributed by atoms with Crippen LogP contribution >= 0.6 is 11.6 Å². The first-order valence-electron chi connectivity index (χ1n) is 11.6. The second kappa shape index (κ2) is 10.0. The van der Waals surface area contributed by atoms with Crippen LogP contribution in [0.3, 0.4) is 0 Å². The van der Waals surface area contributed by atoms with Crippen LogP contribution in [0.4, 0.5) is 8.78 Å². The van der Waals surface area contributed by atoms with Crippen LogP contribution in [0.15, 0.2) is 24.5 Å². The van der Waals surface area contributed by atoms with Gasteiger partial charge in [-0.05, 0) is 57.0 Å².